The van der Waals surface area contributed by atoms with Crippen LogP contribution in [0, 0.1) is 17.2 Å². The molecular weight excluding hydrogens is 460 g/mol. The number of ketones is 1. The van der Waals surface area contributed by atoms with Gasteiger partial charge in [0.15, 0.2) is 5.78 Å². The second-order valence-electron chi connectivity index (χ2n) is 10.4. The predicted octanol–water partition coefficient (Wildman–Crippen LogP) is 6.59. The molecule has 2 heterocycles. The molecule has 3 aromatic rings. The van der Waals surface area contributed by atoms with Crippen molar-refractivity contribution in [1.82, 2.24) is 15.3 Å². The van der Waals surface area contributed by atoms with Gasteiger partial charge in [-0.1, -0.05) is 23.7 Å². The maximum atomic E-state index is 13.1. The van der Waals surface area contributed by atoms with Crippen molar-refractivity contribution >= 4 is 17.4 Å². The summed E-state index contributed by atoms with van der Waals surface area (Å²) >= 11 is 6.52. The van der Waals surface area contributed by atoms with Gasteiger partial charge in [0.2, 0.25) is 0 Å². The number of nitrogens with zero attached hydrogens (tertiary/aromatic N) is 3. The smallest absolute Gasteiger partial charge is 0.163 e. The second-order valence-corrected chi connectivity index (χ2v) is 10.8. The van der Waals surface area contributed by atoms with Gasteiger partial charge < -0.3 is 10.1 Å². The van der Waals surface area contributed by atoms with E-state index in [1.165, 1.54) is 6.33 Å². The Morgan fingerprint density at radius 1 is 1.14 bits per heavy atom. The number of nitriles is 1. The number of halogens is 1. The Morgan fingerprint density at radius 2 is 1.89 bits per heavy atom. The van der Waals surface area contributed by atoms with Gasteiger partial charge in [-0.25, -0.2) is 9.97 Å². The van der Waals surface area contributed by atoms with Crippen molar-refractivity contribution in [2.45, 2.75) is 58.0 Å². The summed E-state index contributed by atoms with van der Waals surface area (Å²) in [5, 5.41) is 13.8. The number of hydrogen-bond acceptors (Lipinski definition) is 6. The third kappa shape index (κ3) is 5.87. The molecule has 0 unspecified atom stereocenters. The summed E-state index contributed by atoms with van der Waals surface area (Å²) in [4.78, 5) is 21.2. The molecular formula is C28H29ClN4O2. The van der Waals surface area contributed by atoms with Gasteiger partial charge in [0, 0.05) is 34.8 Å². The zero-order chi connectivity index (χ0) is 25.2. The van der Waals surface area contributed by atoms with Gasteiger partial charge >= 0.3 is 0 Å². The van der Waals surface area contributed by atoms with E-state index < -0.39 is 0 Å². The fourth-order valence-electron chi connectivity index (χ4n) is 5.33. The highest BCUT2D eigenvalue weighted by Crippen LogP contribution is 2.37. The number of carbonyl (C=O) groups is 1. The SMILES string of the molecule is CC1(C)CC(CC(=O)c2ccc(Oc3cccc(-c4ccncn4)c3C#N)c(Cl)c2)CC(C)(C)N1. The normalized spacial score (nSPS) is 16.9. The van der Waals surface area contributed by atoms with Crippen LogP contribution in [0.1, 0.15) is 62.9 Å². The molecule has 2 aromatic carbocycles. The van der Waals surface area contributed by atoms with Gasteiger partial charge in [-0.2, -0.15) is 5.26 Å². The minimum atomic E-state index is -0.0131. The van der Waals surface area contributed by atoms with Crippen molar-refractivity contribution < 1.29 is 9.53 Å². The molecule has 1 saturated heterocycles. The van der Waals surface area contributed by atoms with Crippen LogP contribution in [0.3, 0.4) is 0 Å². The van der Waals surface area contributed by atoms with Crippen LogP contribution >= 0.6 is 11.6 Å². The molecule has 35 heavy (non-hydrogen) atoms. The Balaban J connectivity index is 1.53. The Hall–Kier alpha value is -3.27. The Bertz CT molecular complexity index is 1270. The summed E-state index contributed by atoms with van der Waals surface area (Å²) in [6.45, 7) is 8.74. The summed E-state index contributed by atoms with van der Waals surface area (Å²) < 4.78 is 6.02. The van der Waals surface area contributed by atoms with Crippen molar-refractivity contribution in [3.8, 4) is 28.8 Å². The van der Waals surface area contributed by atoms with E-state index in [1.54, 1.807) is 48.7 Å². The molecule has 6 nitrogen and oxygen atoms in total. The van der Waals surface area contributed by atoms with E-state index in [9.17, 15) is 10.1 Å². The van der Waals surface area contributed by atoms with E-state index in [0.717, 1.165) is 12.8 Å². The third-order valence-electron chi connectivity index (χ3n) is 6.22. The summed E-state index contributed by atoms with van der Waals surface area (Å²) in [6.07, 6.45) is 5.41. The van der Waals surface area contributed by atoms with Crippen LogP contribution in [0.2, 0.25) is 5.02 Å². The third-order valence-corrected chi connectivity index (χ3v) is 6.51. The molecule has 0 aliphatic carbocycles. The molecule has 1 fully saturated rings. The second kappa shape index (κ2) is 9.77. The highest BCUT2D eigenvalue weighted by molar-refractivity contribution is 6.32. The average Bonchev–Trinajstić information content (AvgIpc) is 2.78. The Morgan fingerprint density at radius 3 is 2.51 bits per heavy atom. The quantitative estimate of drug-likeness (QED) is 0.394. The van der Waals surface area contributed by atoms with Gasteiger partial charge in [0.1, 0.15) is 29.5 Å². The van der Waals surface area contributed by atoms with Crippen molar-refractivity contribution in [3.63, 3.8) is 0 Å². The van der Waals surface area contributed by atoms with Gasteiger partial charge in [-0.05, 0) is 76.8 Å². The number of nitrogens with one attached hydrogen (secondary N) is 1. The first kappa shape index (κ1) is 24.8. The van der Waals surface area contributed by atoms with E-state index in [-0.39, 0.29) is 16.9 Å². The van der Waals surface area contributed by atoms with E-state index in [2.05, 4.69) is 49.0 Å². The van der Waals surface area contributed by atoms with Gasteiger partial charge in [-0.15, -0.1) is 0 Å². The van der Waals surface area contributed by atoms with Crippen LogP contribution in [-0.2, 0) is 0 Å². The molecule has 7 heteroatoms. The molecule has 0 atom stereocenters. The lowest BCUT2D eigenvalue weighted by molar-refractivity contribution is 0.0864. The average molecular weight is 489 g/mol. The number of aromatic nitrogens is 2. The summed E-state index contributed by atoms with van der Waals surface area (Å²) in [5.74, 6) is 1.11. The topological polar surface area (TPSA) is 87.9 Å². The fraction of sp³-hybridized carbons (Fsp3) is 0.357. The first-order valence-electron chi connectivity index (χ1n) is 11.7. The number of ether oxygens (including phenoxy) is 1. The number of hydrogen-bond donors (Lipinski definition) is 1. The maximum absolute atomic E-state index is 13.1. The fourth-order valence-corrected chi connectivity index (χ4v) is 5.55. The molecule has 0 spiro atoms. The predicted molar refractivity (Wildman–Crippen MR) is 137 cm³/mol. The molecule has 0 bridgehead atoms. The standard InChI is InChI=1S/C28H29ClN4O2/c1-27(2)14-18(15-28(3,4)33-27)12-24(34)19-8-9-26(22(29)13-19)35-25-7-5-6-20(21(25)16-30)23-10-11-31-17-32-23/h5-11,13,17-18,33H,12,14-15H2,1-4H3. The number of piperidine rings is 1. The lowest BCUT2D eigenvalue weighted by atomic mass is 9.74. The first-order valence-corrected chi connectivity index (χ1v) is 12.0. The summed E-state index contributed by atoms with van der Waals surface area (Å²) in [5.41, 5.74) is 2.15. The lowest BCUT2D eigenvalue weighted by Crippen LogP contribution is -2.57. The number of carbonyl (C=O) groups excluding carboxylic acids is 1. The van der Waals surface area contributed by atoms with Crippen LogP contribution in [0.5, 0.6) is 11.5 Å². The molecule has 1 aromatic heterocycles. The zero-order valence-electron chi connectivity index (χ0n) is 20.4. The molecule has 0 radical (unpaired) electrons. The monoisotopic (exact) mass is 488 g/mol. The van der Waals surface area contributed by atoms with Crippen LogP contribution in [-0.4, -0.2) is 26.8 Å². The van der Waals surface area contributed by atoms with Crippen LogP contribution in [0.15, 0.2) is 55.0 Å². The Kier molecular flexibility index (Phi) is 6.93. The highest BCUT2D eigenvalue weighted by Gasteiger charge is 2.38. The van der Waals surface area contributed by atoms with Crippen molar-refractivity contribution in [1.29, 1.82) is 5.26 Å². The first-order chi connectivity index (χ1) is 16.6. The van der Waals surface area contributed by atoms with E-state index in [0.29, 0.717) is 51.2 Å². The number of benzene rings is 2. The van der Waals surface area contributed by atoms with Gasteiger partial charge in [-0.3, -0.25) is 4.79 Å². The summed E-state index contributed by atoms with van der Waals surface area (Å²) in [6, 6.07) is 14.3. The van der Waals surface area contributed by atoms with Crippen LogP contribution < -0.4 is 10.1 Å². The van der Waals surface area contributed by atoms with E-state index >= 15 is 0 Å². The molecule has 0 saturated carbocycles. The molecule has 180 valence electrons. The Labute approximate surface area is 211 Å². The van der Waals surface area contributed by atoms with Crippen LogP contribution in [0.25, 0.3) is 11.3 Å². The van der Waals surface area contributed by atoms with Crippen molar-refractivity contribution in [2.24, 2.45) is 5.92 Å². The summed E-state index contributed by atoms with van der Waals surface area (Å²) in [7, 11) is 0. The largest absolute Gasteiger partial charge is 0.454 e. The molecule has 1 aliphatic heterocycles. The minimum absolute atomic E-state index is 0.0131. The number of Topliss-reactive ketones (excluding diaryl/α,β-unsaturated/α-hetero) is 1. The molecule has 1 N–H and O–H groups in total. The molecule has 4 rings (SSSR count). The van der Waals surface area contributed by atoms with E-state index in [4.69, 9.17) is 16.3 Å². The lowest BCUT2D eigenvalue weighted by Gasteiger charge is -2.46. The highest BCUT2D eigenvalue weighted by atomic mass is 35.5. The van der Waals surface area contributed by atoms with Gasteiger partial charge in [0.25, 0.3) is 0 Å². The minimum Gasteiger partial charge on any atom is -0.454 e. The maximum Gasteiger partial charge on any atom is 0.163 e. The van der Waals surface area contributed by atoms with Gasteiger partial charge in [0.05, 0.1) is 10.7 Å². The molecule has 1 aliphatic rings. The number of rotatable bonds is 6. The zero-order valence-corrected chi connectivity index (χ0v) is 21.2. The molecule has 0 amide bonds. The van der Waals surface area contributed by atoms with Crippen LogP contribution in [0.4, 0.5) is 0 Å². The van der Waals surface area contributed by atoms with Crippen molar-refractivity contribution in [3.05, 3.63) is 71.1 Å². The van der Waals surface area contributed by atoms with E-state index in [1.807, 2.05) is 0 Å². The van der Waals surface area contributed by atoms with Crippen molar-refractivity contribution in [2.75, 3.05) is 0 Å².